The van der Waals surface area contributed by atoms with Crippen LogP contribution in [0.25, 0.3) is 55.2 Å². The van der Waals surface area contributed by atoms with Crippen LogP contribution in [-0.2, 0) is 10.8 Å². The molecule has 282 valence electrons. The smallest absolute Gasteiger partial charge is 0.337 e. The Bertz CT molecular complexity index is 3100. The number of para-hydroxylation sites is 2. The lowest BCUT2D eigenvalue weighted by molar-refractivity contribution is 0.590. The highest BCUT2D eigenvalue weighted by Crippen LogP contribution is 2.51. The molecule has 2 aromatic heterocycles. The van der Waals surface area contributed by atoms with Crippen LogP contribution in [0.1, 0.15) is 58.2 Å². The molecule has 2 aliphatic rings. The monoisotopic (exact) mass is 752 g/mol. The predicted octanol–water partition coefficient (Wildman–Crippen LogP) is 13.6. The van der Waals surface area contributed by atoms with Gasteiger partial charge >= 0.3 is 6.85 Å². The molecule has 9 aromatic rings. The van der Waals surface area contributed by atoms with Crippen LogP contribution in [0.3, 0.4) is 0 Å². The second kappa shape index (κ2) is 12.3. The number of aryl methyl sites for hydroxylation is 1. The normalized spacial score (nSPS) is 13.7. The molecular formula is C53H45BN2O2. The fourth-order valence-electron chi connectivity index (χ4n) is 9.48. The molecule has 5 heteroatoms. The molecule has 4 nitrogen and oxygen atoms in total. The molecule has 0 atom stereocenters. The quantitative estimate of drug-likeness (QED) is 0.168. The first-order valence-corrected chi connectivity index (χ1v) is 20.5. The van der Waals surface area contributed by atoms with Crippen molar-refractivity contribution in [1.29, 1.82) is 0 Å². The Morgan fingerprint density at radius 3 is 1.84 bits per heavy atom. The third-order valence-electron chi connectivity index (χ3n) is 12.4. The molecule has 0 aliphatic carbocycles. The Hall–Kier alpha value is -6.46. The highest BCUT2D eigenvalue weighted by Gasteiger charge is 2.48. The molecule has 0 N–H and O–H groups in total. The average Bonchev–Trinajstić information content (AvgIpc) is 3.78. The van der Waals surface area contributed by atoms with E-state index in [1.54, 1.807) is 0 Å². The lowest BCUT2D eigenvalue weighted by Crippen LogP contribution is -2.61. The summed E-state index contributed by atoms with van der Waals surface area (Å²) in [6.07, 6.45) is 0. The average molecular weight is 753 g/mol. The van der Waals surface area contributed by atoms with Crippen molar-refractivity contribution in [3.05, 3.63) is 162 Å². The van der Waals surface area contributed by atoms with Crippen LogP contribution in [-0.4, -0.2) is 6.85 Å². The summed E-state index contributed by atoms with van der Waals surface area (Å²) in [5.41, 5.74) is 18.1. The third-order valence-corrected chi connectivity index (χ3v) is 12.4. The number of hydrogen-bond acceptors (Lipinski definition) is 4. The first-order valence-electron chi connectivity index (χ1n) is 20.5. The van der Waals surface area contributed by atoms with E-state index in [-0.39, 0.29) is 17.7 Å². The number of fused-ring (bicyclic) bond motifs is 9. The minimum absolute atomic E-state index is 0.0222. The first-order chi connectivity index (χ1) is 27.9. The summed E-state index contributed by atoms with van der Waals surface area (Å²) in [6, 6.07) is 53.4. The molecule has 58 heavy (non-hydrogen) atoms. The van der Waals surface area contributed by atoms with Crippen molar-refractivity contribution in [3.63, 3.8) is 0 Å². The molecule has 2 aliphatic heterocycles. The number of benzene rings is 7. The second-order valence-corrected chi connectivity index (χ2v) is 18.3. The van der Waals surface area contributed by atoms with E-state index in [4.69, 9.17) is 8.83 Å². The minimum atomic E-state index is -0.190. The summed E-state index contributed by atoms with van der Waals surface area (Å²) in [5, 5.41) is 3.36. The van der Waals surface area contributed by atoms with Gasteiger partial charge in [0.15, 0.2) is 0 Å². The summed E-state index contributed by atoms with van der Waals surface area (Å²) in [6.45, 7) is 15.7. The molecular weight excluding hydrogens is 707 g/mol. The SMILES string of the molecule is Cc1cc2c3c(c1)N(c1ccc(C(C)(C)C)cc1-c1ccccc1)c1oc4ccccc4c1B3N(c1ccc(C(C)(C)C)cc1)c1cc3oc4ccccc4c3cc1-2. The lowest BCUT2D eigenvalue weighted by Gasteiger charge is -2.44. The fraction of sp³-hybridized carbons (Fsp3) is 0.170. The van der Waals surface area contributed by atoms with Crippen LogP contribution in [0.4, 0.5) is 28.6 Å². The maximum Gasteiger partial charge on any atom is 0.337 e. The Balaban J connectivity index is 1.27. The van der Waals surface area contributed by atoms with E-state index in [0.29, 0.717) is 0 Å². The van der Waals surface area contributed by atoms with Gasteiger partial charge in [-0.05, 0) is 99.6 Å². The summed E-state index contributed by atoms with van der Waals surface area (Å²) < 4.78 is 13.8. The highest BCUT2D eigenvalue weighted by atomic mass is 16.4. The van der Waals surface area contributed by atoms with Crippen molar-refractivity contribution in [2.75, 3.05) is 9.71 Å². The molecule has 7 aromatic carbocycles. The van der Waals surface area contributed by atoms with E-state index in [1.165, 1.54) is 44.4 Å². The second-order valence-electron chi connectivity index (χ2n) is 18.3. The molecule has 0 spiro atoms. The van der Waals surface area contributed by atoms with Gasteiger partial charge in [-0.15, -0.1) is 0 Å². The van der Waals surface area contributed by atoms with E-state index in [0.717, 1.165) is 67.0 Å². The molecule has 0 bridgehead atoms. The van der Waals surface area contributed by atoms with Crippen LogP contribution < -0.4 is 20.6 Å². The zero-order chi connectivity index (χ0) is 39.7. The molecule has 0 amide bonds. The van der Waals surface area contributed by atoms with Gasteiger partial charge in [0.25, 0.3) is 0 Å². The van der Waals surface area contributed by atoms with Crippen molar-refractivity contribution in [3.8, 4) is 22.3 Å². The molecule has 11 rings (SSSR count). The van der Waals surface area contributed by atoms with Gasteiger partial charge in [0.05, 0.1) is 5.69 Å². The molecule has 0 saturated carbocycles. The molecule has 4 heterocycles. The standard InChI is InChI=1S/C53H45BN2O2/c1-32-27-42-40-30-41-37-17-11-13-19-46(37)57-48(41)31-44(40)56(36-24-21-34(22-25-36)52(2,3)4)54-49(42)45(28-32)55(51-50(54)38-18-12-14-20-47(38)58-51)43-26-23-35(53(5,6)7)29-39(43)33-15-9-8-10-16-33/h8-31H,1-7H3. The van der Waals surface area contributed by atoms with Gasteiger partial charge in [0.2, 0.25) is 5.88 Å². The number of anilines is 5. The number of furan rings is 2. The van der Waals surface area contributed by atoms with Crippen LogP contribution in [0, 0.1) is 6.92 Å². The summed E-state index contributed by atoms with van der Waals surface area (Å²) >= 11 is 0. The fourth-order valence-corrected chi connectivity index (χ4v) is 9.48. The van der Waals surface area contributed by atoms with Crippen molar-refractivity contribution >= 4 is 79.3 Å². The van der Waals surface area contributed by atoms with E-state index in [1.807, 2.05) is 0 Å². The molecule has 0 saturated heterocycles. The number of rotatable bonds is 3. The summed E-state index contributed by atoms with van der Waals surface area (Å²) in [7, 11) is 0. The largest absolute Gasteiger partial charge is 0.456 e. The van der Waals surface area contributed by atoms with Gasteiger partial charge in [0, 0.05) is 55.9 Å². The maximum atomic E-state index is 7.17. The van der Waals surface area contributed by atoms with Crippen molar-refractivity contribution in [2.45, 2.75) is 59.3 Å². The van der Waals surface area contributed by atoms with Crippen molar-refractivity contribution < 1.29 is 8.83 Å². The van der Waals surface area contributed by atoms with Gasteiger partial charge < -0.3 is 13.6 Å². The highest BCUT2D eigenvalue weighted by molar-refractivity contribution is 6.95. The first kappa shape index (κ1) is 34.8. The van der Waals surface area contributed by atoms with E-state index in [9.17, 15) is 0 Å². The third kappa shape index (κ3) is 5.15. The van der Waals surface area contributed by atoms with Gasteiger partial charge in [-0.25, -0.2) is 0 Å². The van der Waals surface area contributed by atoms with Crippen molar-refractivity contribution in [1.82, 2.24) is 0 Å². The molecule has 0 fully saturated rings. The summed E-state index contributed by atoms with van der Waals surface area (Å²) in [4.78, 5) is 4.97. The van der Waals surface area contributed by atoms with Gasteiger partial charge in [0.1, 0.15) is 16.7 Å². The lowest BCUT2D eigenvalue weighted by atomic mass is 9.43. The maximum absolute atomic E-state index is 7.17. The van der Waals surface area contributed by atoms with Crippen LogP contribution >= 0.6 is 0 Å². The Morgan fingerprint density at radius 2 is 1.12 bits per heavy atom. The zero-order valence-electron chi connectivity index (χ0n) is 34.1. The number of nitrogens with zero attached hydrogens (tertiary/aromatic N) is 2. The number of hydrogen-bond donors (Lipinski definition) is 0. The molecule has 0 radical (unpaired) electrons. The van der Waals surface area contributed by atoms with E-state index >= 15 is 0 Å². The Morgan fingerprint density at radius 1 is 0.466 bits per heavy atom. The van der Waals surface area contributed by atoms with Crippen LogP contribution in [0.5, 0.6) is 0 Å². The predicted molar refractivity (Wildman–Crippen MR) is 245 cm³/mol. The minimum Gasteiger partial charge on any atom is -0.456 e. The Kier molecular flexibility index (Phi) is 7.36. The van der Waals surface area contributed by atoms with E-state index in [2.05, 4.69) is 204 Å². The van der Waals surface area contributed by atoms with Gasteiger partial charge in [-0.1, -0.05) is 133 Å². The zero-order valence-corrected chi connectivity index (χ0v) is 34.1. The van der Waals surface area contributed by atoms with Crippen LogP contribution in [0.15, 0.2) is 154 Å². The van der Waals surface area contributed by atoms with Gasteiger partial charge in [-0.3, -0.25) is 4.90 Å². The van der Waals surface area contributed by atoms with Crippen LogP contribution in [0.2, 0.25) is 0 Å². The molecule has 0 unspecified atom stereocenters. The Labute approximate surface area is 340 Å². The van der Waals surface area contributed by atoms with Gasteiger partial charge in [-0.2, -0.15) is 0 Å². The van der Waals surface area contributed by atoms with Crippen molar-refractivity contribution in [2.24, 2.45) is 0 Å². The topological polar surface area (TPSA) is 32.8 Å². The van der Waals surface area contributed by atoms with E-state index < -0.39 is 0 Å². The summed E-state index contributed by atoms with van der Waals surface area (Å²) in [5.74, 6) is 0.848.